The topological polar surface area (TPSA) is 0 Å². The van der Waals surface area contributed by atoms with E-state index in [1.165, 1.54) is 51.0 Å². The lowest BCUT2D eigenvalue weighted by atomic mass is 9.88. The number of halogens is 12. The minimum atomic E-state index is -5.02. The van der Waals surface area contributed by atoms with Gasteiger partial charge in [-0.3, -0.25) is 0 Å². The quantitative estimate of drug-likeness (QED) is 0.158. The van der Waals surface area contributed by atoms with Gasteiger partial charge < -0.3 is 0 Å². The van der Waals surface area contributed by atoms with E-state index >= 15 is 0 Å². The Kier molecular flexibility index (Phi) is 15.1. The smallest absolute Gasteiger partial charge is 0.166 e. The molecule has 0 aliphatic rings. The molecule has 0 radical (unpaired) electrons. The van der Waals surface area contributed by atoms with Crippen LogP contribution in [0.15, 0.2) is 54.6 Å². The van der Waals surface area contributed by atoms with Gasteiger partial charge in [0, 0.05) is 0 Å². The predicted octanol–water partition coefficient (Wildman–Crippen LogP) is 14.2. The minimum Gasteiger partial charge on any atom is -0.166 e. The molecular formula is C39H42F12. The Balaban J connectivity index is 0.000000352. The molecule has 0 aliphatic carbocycles. The maximum absolute atomic E-state index is 12.8. The van der Waals surface area contributed by atoms with Crippen LogP contribution < -0.4 is 0 Å². The van der Waals surface area contributed by atoms with Crippen molar-refractivity contribution >= 4 is 0 Å². The Hall–Kier alpha value is -3.96. The maximum Gasteiger partial charge on any atom is 0.417 e. The Bertz CT molecular complexity index is 1700. The number of alkyl halides is 12. The van der Waals surface area contributed by atoms with Crippen LogP contribution in [0.3, 0.4) is 0 Å². The monoisotopic (exact) mass is 738 g/mol. The van der Waals surface area contributed by atoms with E-state index in [1.54, 1.807) is 32.9 Å². The zero-order valence-electron chi connectivity index (χ0n) is 30.2. The number of rotatable bonds is 0. The largest absolute Gasteiger partial charge is 0.417 e. The highest BCUT2D eigenvalue weighted by atomic mass is 19.4. The molecule has 0 aromatic heterocycles. The van der Waals surface area contributed by atoms with Crippen molar-refractivity contribution in [2.45, 2.75) is 101 Å². The van der Waals surface area contributed by atoms with Gasteiger partial charge in [0.2, 0.25) is 0 Å². The van der Waals surface area contributed by atoms with Gasteiger partial charge in [-0.15, -0.1) is 0 Å². The normalized spacial score (nSPS) is 11.8. The van der Waals surface area contributed by atoms with Crippen molar-refractivity contribution < 1.29 is 52.7 Å². The van der Waals surface area contributed by atoms with E-state index in [2.05, 4.69) is 38.1 Å². The van der Waals surface area contributed by atoms with Crippen molar-refractivity contribution in [3.8, 4) is 0 Å². The van der Waals surface area contributed by atoms with Gasteiger partial charge in [-0.25, -0.2) is 0 Å². The van der Waals surface area contributed by atoms with Gasteiger partial charge in [0.05, 0.1) is 22.3 Å². The average Bonchev–Trinajstić information content (AvgIpc) is 2.97. The average molecular weight is 739 g/mol. The molecule has 51 heavy (non-hydrogen) atoms. The molecule has 0 bridgehead atoms. The Morgan fingerprint density at radius 3 is 0.941 bits per heavy atom. The molecule has 0 amide bonds. The summed E-state index contributed by atoms with van der Waals surface area (Å²) in [5, 5.41) is 0. The van der Waals surface area contributed by atoms with Crippen molar-refractivity contribution in [3.63, 3.8) is 0 Å². The number of aryl methyl sites for hydroxylation is 6. The van der Waals surface area contributed by atoms with Crippen LogP contribution in [-0.4, -0.2) is 0 Å². The summed E-state index contributed by atoms with van der Waals surface area (Å²) in [5.41, 5.74) is 0.767. The van der Waals surface area contributed by atoms with Crippen LogP contribution in [-0.2, 0) is 24.7 Å². The zero-order chi connectivity index (χ0) is 40.0. The molecule has 4 aromatic rings. The van der Waals surface area contributed by atoms with Crippen molar-refractivity contribution in [2.75, 3.05) is 0 Å². The second kappa shape index (κ2) is 17.0. The third kappa shape index (κ3) is 12.9. The maximum atomic E-state index is 12.8. The molecule has 282 valence electrons. The van der Waals surface area contributed by atoms with Crippen LogP contribution in [0.25, 0.3) is 0 Å². The molecule has 0 atom stereocenters. The fourth-order valence-electron chi connectivity index (χ4n) is 5.03. The minimum absolute atomic E-state index is 0.243. The lowest BCUT2D eigenvalue weighted by molar-refractivity contribution is -0.162. The van der Waals surface area contributed by atoms with E-state index in [-0.39, 0.29) is 27.8 Å². The summed E-state index contributed by atoms with van der Waals surface area (Å²) >= 11 is 0. The lowest BCUT2D eigenvalue weighted by Gasteiger charge is -2.23. The van der Waals surface area contributed by atoms with E-state index < -0.39 is 47.0 Å². The highest BCUT2D eigenvalue weighted by molar-refractivity contribution is 5.52. The van der Waals surface area contributed by atoms with Crippen molar-refractivity contribution in [1.29, 1.82) is 0 Å². The summed E-state index contributed by atoms with van der Waals surface area (Å²) in [5.74, 6) is 0. The van der Waals surface area contributed by atoms with E-state index in [1.807, 2.05) is 0 Å². The molecule has 0 N–H and O–H groups in total. The van der Waals surface area contributed by atoms with Gasteiger partial charge in [0.25, 0.3) is 0 Å². The summed E-state index contributed by atoms with van der Waals surface area (Å²) in [4.78, 5) is 0. The van der Waals surface area contributed by atoms with Crippen LogP contribution in [0.2, 0.25) is 0 Å². The summed E-state index contributed by atoms with van der Waals surface area (Å²) in [6.45, 7) is 17.1. The van der Waals surface area contributed by atoms with Gasteiger partial charge in [-0.1, -0.05) is 64.7 Å². The standard InChI is InChI=1S/C12H12F6.C10H11F3.C9H9F3.C8H10/c1-5-6(2)8(4)10(12(16,17)18)9(7(5)3)11(13,14)15;1-6-4-7(2)8(3)9(5-6)10(11,12)13;1-6-3-4-7(2)8(5-6)9(10,11)12;1-7-3-5-8(2)6-4-7/h1-4H3;4-5H,1-3H3;3-5H,1-2H3;3-6H,1-2H3. The molecule has 0 fully saturated rings. The number of hydrogen-bond acceptors (Lipinski definition) is 0. The van der Waals surface area contributed by atoms with E-state index in [0.29, 0.717) is 22.3 Å². The molecule has 0 spiro atoms. The van der Waals surface area contributed by atoms with Gasteiger partial charge in [-0.05, 0) is 127 Å². The van der Waals surface area contributed by atoms with Gasteiger partial charge in [0.15, 0.2) is 0 Å². The third-order valence-electron chi connectivity index (χ3n) is 8.29. The van der Waals surface area contributed by atoms with Crippen molar-refractivity contribution in [2.24, 2.45) is 0 Å². The SMILES string of the molecule is Cc1c(C)c(C)c(C(F)(F)F)c(C(F)(F)F)c1C.Cc1cc(C)c(C)c(C(F)(F)F)c1.Cc1ccc(C)c(C(F)(F)F)c1.Cc1ccc(C)cc1. The highest BCUT2D eigenvalue weighted by Gasteiger charge is 2.46. The second-order valence-corrected chi connectivity index (χ2v) is 12.5. The molecule has 0 saturated carbocycles. The first-order valence-electron chi connectivity index (χ1n) is 15.5. The fraction of sp³-hybridized carbons (Fsp3) is 0.385. The Labute approximate surface area is 291 Å². The zero-order valence-corrected chi connectivity index (χ0v) is 30.2. The fourth-order valence-corrected chi connectivity index (χ4v) is 5.03. The second-order valence-electron chi connectivity index (χ2n) is 12.5. The van der Waals surface area contributed by atoms with Gasteiger partial charge in [-0.2, -0.15) is 52.7 Å². The molecule has 12 heteroatoms. The summed E-state index contributed by atoms with van der Waals surface area (Å²) in [7, 11) is 0. The molecule has 0 heterocycles. The van der Waals surface area contributed by atoms with Crippen LogP contribution in [0.4, 0.5) is 52.7 Å². The molecule has 4 aromatic carbocycles. The highest BCUT2D eigenvalue weighted by Crippen LogP contribution is 2.45. The summed E-state index contributed by atoms with van der Waals surface area (Å²) < 4.78 is 151. The number of hydrogen-bond donors (Lipinski definition) is 0. The first-order valence-corrected chi connectivity index (χ1v) is 15.5. The van der Waals surface area contributed by atoms with Gasteiger partial charge >= 0.3 is 24.7 Å². The molecule has 4 rings (SSSR count). The molecule has 0 nitrogen and oxygen atoms in total. The summed E-state index contributed by atoms with van der Waals surface area (Å²) in [6, 6.07) is 15.7. The van der Waals surface area contributed by atoms with Crippen LogP contribution >= 0.6 is 0 Å². The van der Waals surface area contributed by atoms with E-state index in [0.717, 1.165) is 19.9 Å². The van der Waals surface area contributed by atoms with Crippen LogP contribution in [0.1, 0.15) is 83.5 Å². The lowest BCUT2D eigenvalue weighted by Crippen LogP contribution is -2.21. The van der Waals surface area contributed by atoms with Gasteiger partial charge in [0.1, 0.15) is 0 Å². The Morgan fingerprint density at radius 2 is 0.627 bits per heavy atom. The Morgan fingerprint density at radius 1 is 0.294 bits per heavy atom. The first kappa shape index (κ1) is 45.1. The third-order valence-corrected chi connectivity index (χ3v) is 8.29. The first-order chi connectivity index (χ1) is 22.9. The van der Waals surface area contributed by atoms with Crippen molar-refractivity contribution in [1.82, 2.24) is 0 Å². The molecular weight excluding hydrogens is 696 g/mol. The molecule has 0 unspecified atom stereocenters. The van der Waals surface area contributed by atoms with E-state index in [9.17, 15) is 52.7 Å². The number of benzene rings is 4. The van der Waals surface area contributed by atoms with E-state index in [4.69, 9.17) is 0 Å². The summed E-state index contributed by atoms with van der Waals surface area (Å²) in [6.07, 6.45) is -18.5. The molecule has 0 aliphatic heterocycles. The molecule has 0 saturated heterocycles. The predicted molar refractivity (Wildman–Crippen MR) is 178 cm³/mol. The van der Waals surface area contributed by atoms with Crippen molar-refractivity contribution in [3.05, 3.63) is 138 Å². The van der Waals surface area contributed by atoms with Crippen LogP contribution in [0, 0.1) is 76.2 Å². The van der Waals surface area contributed by atoms with Crippen LogP contribution in [0.5, 0.6) is 0 Å².